The zero-order valence-electron chi connectivity index (χ0n) is 17.2. The number of aromatic nitrogens is 1. The molecule has 0 fully saturated rings. The number of carbonyl (C=O) groups is 1. The number of halogens is 1. The molecule has 0 aliphatic rings. The molecule has 0 radical (unpaired) electrons. The number of thiazole rings is 1. The number of nitrogens with one attached hydrogen (secondary N) is 3. The van der Waals surface area contributed by atoms with Crippen molar-refractivity contribution in [3.05, 3.63) is 15.6 Å². The SMILES string of the molecule is CCNC(=NCc1sc(C)nc1C)NCC(CC(C)C)NC(=O)OCC.I. The van der Waals surface area contributed by atoms with E-state index in [1.807, 2.05) is 20.8 Å². The monoisotopic (exact) mass is 511 g/mol. The molecule has 156 valence electrons. The minimum Gasteiger partial charge on any atom is -0.450 e. The fourth-order valence-corrected chi connectivity index (χ4v) is 3.40. The average molecular weight is 511 g/mol. The summed E-state index contributed by atoms with van der Waals surface area (Å²) in [4.78, 5) is 22.0. The minimum atomic E-state index is -0.377. The topological polar surface area (TPSA) is 87.6 Å². The number of ether oxygens (including phenoxy) is 1. The van der Waals surface area contributed by atoms with E-state index in [0.29, 0.717) is 25.6 Å². The first-order chi connectivity index (χ1) is 12.3. The van der Waals surface area contributed by atoms with Crippen molar-refractivity contribution in [3.63, 3.8) is 0 Å². The van der Waals surface area contributed by atoms with Crippen LogP contribution in [0.4, 0.5) is 4.79 Å². The molecule has 0 saturated heterocycles. The number of carbonyl (C=O) groups excluding carboxylic acids is 1. The summed E-state index contributed by atoms with van der Waals surface area (Å²) in [6, 6.07) is -0.0229. The number of alkyl carbamates (subject to hydrolysis) is 1. The number of hydrogen-bond acceptors (Lipinski definition) is 5. The fraction of sp³-hybridized carbons (Fsp3) is 0.722. The second kappa shape index (κ2) is 14.0. The highest BCUT2D eigenvalue weighted by Gasteiger charge is 2.15. The predicted molar refractivity (Wildman–Crippen MR) is 123 cm³/mol. The molecule has 1 amide bonds. The Kier molecular flexibility index (Phi) is 13.4. The maximum absolute atomic E-state index is 11.7. The van der Waals surface area contributed by atoms with Crippen LogP contribution in [0.2, 0.25) is 0 Å². The third-order valence-electron chi connectivity index (χ3n) is 3.59. The van der Waals surface area contributed by atoms with Gasteiger partial charge in [0.15, 0.2) is 5.96 Å². The van der Waals surface area contributed by atoms with Gasteiger partial charge in [0.05, 0.1) is 23.9 Å². The number of guanidine groups is 1. The second-order valence-electron chi connectivity index (χ2n) is 6.51. The molecular formula is C18H34IN5O2S. The molecule has 27 heavy (non-hydrogen) atoms. The molecule has 7 nitrogen and oxygen atoms in total. The zero-order valence-corrected chi connectivity index (χ0v) is 20.4. The van der Waals surface area contributed by atoms with Gasteiger partial charge >= 0.3 is 6.09 Å². The molecule has 0 spiro atoms. The molecule has 1 atom stereocenters. The molecule has 3 N–H and O–H groups in total. The molecule has 9 heteroatoms. The van der Waals surface area contributed by atoms with Crippen molar-refractivity contribution in [2.24, 2.45) is 10.9 Å². The summed E-state index contributed by atoms with van der Waals surface area (Å²) in [6.45, 7) is 14.4. The van der Waals surface area contributed by atoms with Gasteiger partial charge in [0.2, 0.25) is 0 Å². The Morgan fingerprint density at radius 3 is 2.48 bits per heavy atom. The molecule has 0 aliphatic carbocycles. The summed E-state index contributed by atoms with van der Waals surface area (Å²) >= 11 is 1.67. The van der Waals surface area contributed by atoms with E-state index in [1.54, 1.807) is 18.3 Å². The Morgan fingerprint density at radius 1 is 1.26 bits per heavy atom. The molecule has 0 saturated carbocycles. The van der Waals surface area contributed by atoms with Crippen molar-refractivity contribution in [1.29, 1.82) is 0 Å². The number of aryl methyl sites for hydroxylation is 2. The van der Waals surface area contributed by atoms with Crippen molar-refractivity contribution in [3.8, 4) is 0 Å². The first-order valence-corrected chi connectivity index (χ1v) is 10.1. The summed E-state index contributed by atoms with van der Waals surface area (Å²) in [5.41, 5.74) is 1.04. The van der Waals surface area contributed by atoms with E-state index in [1.165, 1.54) is 4.88 Å². The number of hydrogen-bond donors (Lipinski definition) is 3. The van der Waals surface area contributed by atoms with Gasteiger partial charge in [0, 0.05) is 24.0 Å². The third-order valence-corrected chi connectivity index (χ3v) is 4.65. The maximum Gasteiger partial charge on any atom is 0.407 e. The van der Waals surface area contributed by atoms with Gasteiger partial charge in [-0.1, -0.05) is 13.8 Å². The van der Waals surface area contributed by atoms with Crippen LogP contribution in [-0.2, 0) is 11.3 Å². The van der Waals surface area contributed by atoms with E-state index < -0.39 is 0 Å². The van der Waals surface area contributed by atoms with Gasteiger partial charge in [-0.2, -0.15) is 0 Å². The van der Waals surface area contributed by atoms with Crippen LogP contribution < -0.4 is 16.0 Å². The largest absolute Gasteiger partial charge is 0.450 e. The smallest absolute Gasteiger partial charge is 0.407 e. The van der Waals surface area contributed by atoms with Gasteiger partial charge in [-0.15, -0.1) is 35.3 Å². The number of amides is 1. The molecular weight excluding hydrogens is 477 g/mol. The van der Waals surface area contributed by atoms with Gasteiger partial charge < -0.3 is 20.7 Å². The van der Waals surface area contributed by atoms with E-state index in [-0.39, 0.29) is 36.1 Å². The second-order valence-corrected chi connectivity index (χ2v) is 7.80. The van der Waals surface area contributed by atoms with Crippen LogP contribution in [0, 0.1) is 19.8 Å². The third kappa shape index (κ3) is 10.7. The Bertz CT molecular complexity index is 592. The van der Waals surface area contributed by atoms with E-state index in [2.05, 4.69) is 39.8 Å². The van der Waals surface area contributed by atoms with Gasteiger partial charge in [0.1, 0.15) is 0 Å². The summed E-state index contributed by atoms with van der Waals surface area (Å²) in [5.74, 6) is 1.20. The highest BCUT2D eigenvalue weighted by Crippen LogP contribution is 2.17. The standard InChI is InChI=1S/C18H33N5O2S.HI/c1-7-19-17(21-11-16-13(5)22-14(6)26-16)20-10-15(9-12(3)4)23-18(24)25-8-2;/h12,15H,7-11H2,1-6H3,(H,23,24)(H2,19,20,21);1H. The van der Waals surface area contributed by atoms with E-state index in [0.717, 1.165) is 29.6 Å². The quantitative estimate of drug-likeness (QED) is 0.268. The lowest BCUT2D eigenvalue weighted by Gasteiger charge is -2.22. The summed E-state index contributed by atoms with van der Waals surface area (Å²) in [7, 11) is 0. The normalized spacial score (nSPS) is 12.3. The van der Waals surface area contributed by atoms with E-state index in [4.69, 9.17) is 4.74 Å². The predicted octanol–water partition coefficient (Wildman–Crippen LogP) is 3.59. The van der Waals surface area contributed by atoms with Crippen LogP contribution in [0.15, 0.2) is 4.99 Å². The Hall–Kier alpha value is -1.10. The number of rotatable bonds is 9. The number of nitrogens with zero attached hydrogens (tertiary/aromatic N) is 2. The molecule has 0 bridgehead atoms. The van der Waals surface area contributed by atoms with Crippen LogP contribution in [-0.4, -0.2) is 42.8 Å². The lowest BCUT2D eigenvalue weighted by atomic mass is 10.0. The van der Waals surface area contributed by atoms with Crippen LogP contribution >= 0.6 is 35.3 Å². The van der Waals surface area contributed by atoms with Crippen molar-refractivity contribution in [2.75, 3.05) is 19.7 Å². The van der Waals surface area contributed by atoms with Crippen LogP contribution in [0.1, 0.15) is 49.7 Å². The van der Waals surface area contributed by atoms with Crippen LogP contribution in [0.5, 0.6) is 0 Å². The molecule has 1 rings (SSSR count). The van der Waals surface area contributed by atoms with E-state index in [9.17, 15) is 4.79 Å². The molecule has 1 heterocycles. The summed E-state index contributed by atoms with van der Waals surface area (Å²) in [6.07, 6.45) is 0.482. The molecule has 0 aliphatic heterocycles. The van der Waals surface area contributed by atoms with Crippen molar-refractivity contribution in [1.82, 2.24) is 20.9 Å². The van der Waals surface area contributed by atoms with Crippen LogP contribution in [0.3, 0.4) is 0 Å². The maximum atomic E-state index is 11.7. The highest BCUT2D eigenvalue weighted by atomic mass is 127. The van der Waals surface area contributed by atoms with Crippen molar-refractivity contribution >= 4 is 47.4 Å². The van der Waals surface area contributed by atoms with Crippen LogP contribution in [0.25, 0.3) is 0 Å². The van der Waals surface area contributed by atoms with Gasteiger partial charge in [0.25, 0.3) is 0 Å². The first kappa shape index (κ1) is 25.9. The summed E-state index contributed by atoms with van der Waals surface area (Å²) < 4.78 is 5.00. The lowest BCUT2D eigenvalue weighted by Crippen LogP contribution is -2.47. The fourth-order valence-electron chi connectivity index (χ4n) is 2.53. The molecule has 1 unspecified atom stereocenters. The molecule has 1 aromatic rings. The lowest BCUT2D eigenvalue weighted by molar-refractivity contribution is 0.146. The summed E-state index contributed by atoms with van der Waals surface area (Å²) in [5, 5.41) is 10.5. The highest BCUT2D eigenvalue weighted by molar-refractivity contribution is 14.0. The van der Waals surface area contributed by atoms with Gasteiger partial charge in [-0.3, -0.25) is 0 Å². The Morgan fingerprint density at radius 2 is 1.96 bits per heavy atom. The molecule has 0 aromatic carbocycles. The average Bonchev–Trinajstić information content (AvgIpc) is 2.87. The van der Waals surface area contributed by atoms with Crippen molar-refractivity contribution in [2.45, 2.75) is 60.5 Å². The first-order valence-electron chi connectivity index (χ1n) is 9.24. The van der Waals surface area contributed by atoms with Crippen molar-refractivity contribution < 1.29 is 9.53 Å². The Labute approximate surface area is 184 Å². The number of aliphatic imine (C=N–C) groups is 1. The van der Waals surface area contributed by atoms with Gasteiger partial charge in [-0.05, 0) is 40.0 Å². The Balaban J connectivity index is 0.00000676. The van der Waals surface area contributed by atoms with Gasteiger partial charge in [-0.25, -0.2) is 14.8 Å². The molecule has 1 aromatic heterocycles. The zero-order chi connectivity index (χ0) is 19.5. The van der Waals surface area contributed by atoms with E-state index >= 15 is 0 Å². The minimum absolute atomic E-state index is 0.